The van der Waals surface area contributed by atoms with E-state index in [2.05, 4.69) is 51.0 Å². The number of hydrogen-bond donors (Lipinski definition) is 3. The van der Waals surface area contributed by atoms with Crippen molar-refractivity contribution >= 4 is 34.6 Å². The van der Waals surface area contributed by atoms with Crippen molar-refractivity contribution in [2.24, 2.45) is 10.7 Å². The lowest BCUT2D eigenvalue weighted by molar-refractivity contribution is -0.121. The van der Waals surface area contributed by atoms with Crippen LogP contribution >= 0.6 is 22.9 Å². The summed E-state index contributed by atoms with van der Waals surface area (Å²) < 4.78 is 2.07. The Labute approximate surface area is 237 Å². The predicted molar refractivity (Wildman–Crippen MR) is 157 cm³/mol. The van der Waals surface area contributed by atoms with Crippen molar-refractivity contribution < 1.29 is 4.79 Å². The number of benzene rings is 1. The molecular formula is C29H34ClN7OS. The number of hydrogen-bond acceptors (Lipinski definition) is 6. The molecule has 1 aliphatic rings. The number of nitrogens with one attached hydrogen (secondary N) is 2. The van der Waals surface area contributed by atoms with Gasteiger partial charge in [-0.2, -0.15) is 0 Å². The number of aliphatic imine (C=N–C) groups is 1. The molecule has 0 bridgehead atoms. The number of carbonyl (C=O) groups is 1. The number of thiophene rings is 1. The van der Waals surface area contributed by atoms with Crippen molar-refractivity contribution in [1.29, 1.82) is 0 Å². The van der Waals surface area contributed by atoms with Gasteiger partial charge in [0.25, 0.3) is 0 Å². The van der Waals surface area contributed by atoms with Gasteiger partial charge in [0.2, 0.25) is 5.91 Å². The maximum atomic E-state index is 13.1. The molecule has 0 aliphatic carbocycles. The van der Waals surface area contributed by atoms with E-state index in [1.807, 2.05) is 31.2 Å². The molecule has 0 saturated heterocycles. The Morgan fingerprint density at radius 2 is 1.79 bits per heavy atom. The highest BCUT2D eigenvalue weighted by molar-refractivity contribution is 7.15. The molecule has 39 heavy (non-hydrogen) atoms. The van der Waals surface area contributed by atoms with E-state index in [1.165, 1.54) is 21.8 Å². The van der Waals surface area contributed by atoms with E-state index in [-0.39, 0.29) is 12.3 Å². The fourth-order valence-corrected chi connectivity index (χ4v) is 6.30. The molecule has 0 spiro atoms. The van der Waals surface area contributed by atoms with Crippen LogP contribution in [0.25, 0.3) is 5.00 Å². The smallest absolute Gasteiger partial charge is 0.222 e. The molecule has 5 rings (SSSR count). The molecule has 0 unspecified atom stereocenters. The molecule has 10 heteroatoms. The lowest BCUT2D eigenvalue weighted by Crippen LogP contribution is -2.26. The largest absolute Gasteiger partial charge is 0.362 e. The average molecular weight is 564 g/mol. The average Bonchev–Trinajstić information content (AvgIpc) is 3.59. The first-order valence-electron chi connectivity index (χ1n) is 13.4. The van der Waals surface area contributed by atoms with Gasteiger partial charge in [0.15, 0.2) is 5.82 Å². The Morgan fingerprint density at radius 1 is 1.08 bits per heavy atom. The number of aryl methyl sites for hydroxylation is 4. The first-order valence-corrected chi connectivity index (χ1v) is 14.5. The van der Waals surface area contributed by atoms with Gasteiger partial charge >= 0.3 is 0 Å². The summed E-state index contributed by atoms with van der Waals surface area (Å²) in [4.78, 5) is 23.0. The van der Waals surface area contributed by atoms with Gasteiger partial charge in [-0.05, 0) is 82.8 Å². The molecule has 3 aromatic heterocycles. The zero-order valence-corrected chi connectivity index (χ0v) is 24.1. The van der Waals surface area contributed by atoms with Gasteiger partial charge in [-0.15, -0.1) is 21.5 Å². The molecule has 204 valence electrons. The molecular weight excluding hydrogens is 530 g/mol. The third kappa shape index (κ3) is 5.85. The van der Waals surface area contributed by atoms with E-state index in [1.54, 1.807) is 11.3 Å². The summed E-state index contributed by atoms with van der Waals surface area (Å²) in [6.45, 7) is 7.46. The van der Waals surface area contributed by atoms with Crippen LogP contribution in [-0.4, -0.2) is 44.5 Å². The predicted octanol–water partition coefficient (Wildman–Crippen LogP) is 5.16. The van der Waals surface area contributed by atoms with Gasteiger partial charge in [-0.1, -0.05) is 23.7 Å². The Kier molecular flexibility index (Phi) is 8.30. The van der Waals surface area contributed by atoms with E-state index in [0.717, 1.165) is 53.3 Å². The van der Waals surface area contributed by atoms with Gasteiger partial charge < -0.3 is 16.0 Å². The van der Waals surface area contributed by atoms with Crippen LogP contribution in [0.15, 0.2) is 41.4 Å². The minimum absolute atomic E-state index is 0.0558. The number of halogens is 1. The molecule has 0 saturated carbocycles. The number of rotatable bonds is 10. The Morgan fingerprint density at radius 3 is 2.51 bits per heavy atom. The number of aromatic amines is 1. The Bertz CT molecular complexity index is 1500. The van der Waals surface area contributed by atoms with Gasteiger partial charge in [-0.25, -0.2) is 0 Å². The van der Waals surface area contributed by atoms with Crippen LogP contribution < -0.4 is 11.1 Å². The zero-order chi connectivity index (χ0) is 27.5. The molecule has 8 nitrogen and oxygen atoms in total. The van der Waals surface area contributed by atoms with Crippen molar-refractivity contribution in [1.82, 2.24) is 25.1 Å². The summed E-state index contributed by atoms with van der Waals surface area (Å²) in [7, 11) is 0. The fraction of sp³-hybridized carbons (Fsp3) is 0.379. The summed E-state index contributed by atoms with van der Waals surface area (Å²) >= 11 is 7.89. The second kappa shape index (κ2) is 11.9. The summed E-state index contributed by atoms with van der Waals surface area (Å²) in [5, 5.41) is 13.6. The number of carbonyl (C=O) groups excluding carboxylic acids is 1. The Hall–Kier alpha value is -3.27. The second-order valence-corrected chi connectivity index (χ2v) is 11.6. The SMILES string of the molecule is Cc1sc2c(c1C)C(c1ccc(Cl)cc1)=N[C@@H](CC(=O)NCCCc1ccc(CCCN)[nH]1)c1nnc(C)n1-2. The number of nitrogens with zero attached hydrogens (tertiary/aromatic N) is 4. The van der Waals surface area contributed by atoms with Gasteiger partial charge in [0.05, 0.1) is 12.1 Å². The highest BCUT2D eigenvalue weighted by Crippen LogP contribution is 2.39. The van der Waals surface area contributed by atoms with Crippen LogP contribution in [0, 0.1) is 20.8 Å². The van der Waals surface area contributed by atoms with Gasteiger partial charge in [-0.3, -0.25) is 14.4 Å². The highest BCUT2D eigenvalue weighted by Gasteiger charge is 2.32. The maximum absolute atomic E-state index is 13.1. The quantitative estimate of drug-likeness (QED) is 0.231. The molecule has 1 amide bonds. The zero-order valence-electron chi connectivity index (χ0n) is 22.6. The fourth-order valence-electron chi connectivity index (χ4n) is 4.96. The van der Waals surface area contributed by atoms with Crippen molar-refractivity contribution in [3.8, 4) is 5.00 Å². The third-order valence-electron chi connectivity index (χ3n) is 7.14. The summed E-state index contributed by atoms with van der Waals surface area (Å²) in [6.07, 6.45) is 3.84. The van der Waals surface area contributed by atoms with E-state index in [4.69, 9.17) is 22.3 Å². The number of aromatic nitrogens is 4. The first kappa shape index (κ1) is 27.3. The van der Waals surface area contributed by atoms with Crippen molar-refractivity contribution in [2.45, 2.75) is 58.9 Å². The molecule has 1 atom stereocenters. The van der Waals surface area contributed by atoms with Crippen molar-refractivity contribution in [3.63, 3.8) is 0 Å². The van der Waals surface area contributed by atoms with Crippen molar-refractivity contribution in [2.75, 3.05) is 13.1 Å². The van der Waals surface area contributed by atoms with Gasteiger partial charge in [0.1, 0.15) is 16.9 Å². The molecule has 1 aromatic carbocycles. The minimum Gasteiger partial charge on any atom is -0.362 e. The molecule has 1 aliphatic heterocycles. The minimum atomic E-state index is -0.468. The monoisotopic (exact) mass is 563 g/mol. The molecule has 4 N–H and O–H groups in total. The molecule has 0 radical (unpaired) electrons. The third-order valence-corrected chi connectivity index (χ3v) is 8.58. The van der Waals surface area contributed by atoms with E-state index in [9.17, 15) is 4.79 Å². The second-order valence-electron chi connectivity index (χ2n) is 9.96. The lowest BCUT2D eigenvalue weighted by atomic mass is 9.99. The molecule has 4 heterocycles. The van der Waals surface area contributed by atoms with Crippen LogP contribution in [-0.2, 0) is 17.6 Å². The van der Waals surface area contributed by atoms with Crippen LogP contribution in [0.5, 0.6) is 0 Å². The van der Waals surface area contributed by atoms with Crippen LogP contribution in [0.2, 0.25) is 5.02 Å². The van der Waals surface area contributed by atoms with E-state index in [0.29, 0.717) is 23.9 Å². The Balaban J connectivity index is 1.34. The van der Waals surface area contributed by atoms with E-state index >= 15 is 0 Å². The molecule has 0 fully saturated rings. The number of nitrogens with two attached hydrogens (primary N) is 1. The number of fused-ring (bicyclic) bond motifs is 3. The number of amides is 1. The summed E-state index contributed by atoms with van der Waals surface area (Å²) in [5.74, 6) is 1.41. The number of H-pyrrole nitrogens is 1. The normalized spacial score (nSPS) is 14.5. The molecule has 4 aromatic rings. The standard InChI is InChI=1S/C29H34ClN7OS/c1-17-18(2)39-29-26(17)27(20-8-10-21(30)11-9-20)34-24(28-36-35-19(3)37(28)29)16-25(38)32-15-5-7-23-13-12-22(33-23)6-4-14-31/h8-13,24,33H,4-7,14-16,31H2,1-3H3,(H,32,38)/t24-/m0/s1. The first-order chi connectivity index (χ1) is 18.9. The highest BCUT2D eigenvalue weighted by atomic mass is 35.5. The van der Waals surface area contributed by atoms with Crippen LogP contribution in [0.1, 0.15) is 69.9 Å². The van der Waals surface area contributed by atoms with Crippen LogP contribution in [0.4, 0.5) is 0 Å². The lowest BCUT2D eigenvalue weighted by Gasteiger charge is -2.13. The summed E-state index contributed by atoms with van der Waals surface area (Å²) in [6, 6.07) is 11.5. The van der Waals surface area contributed by atoms with E-state index < -0.39 is 6.04 Å². The van der Waals surface area contributed by atoms with Gasteiger partial charge in [0, 0.05) is 39.0 Å². The maximum Gasteiger partial charge on any atom is 0.222 e. The van der Waals surface area contributed by atoms with Crippen LogP contribution in [0.3, 0.4) is 0 Å². The summed E-state index contributed by atoms with van der Waals surface area (Å²) in [5.41, 5.74) is 12.0. The van der Waals surface area contributed by atoms with Crippen molar-refractivity contribution in [3.05, 3.63) is 86.0 Å². The topological polar surface area (TPSA) is 114 Å².